The third kappa shape index (κ3) is 3.05. The highest BCUT2D eigenvalue weighted by atomic mass is 19.1. The van der Waals surface area contributed by atoms with Crippen LogP contribution in [0.25, 0.3) is 11.0 Å². The molecule has 0 saturated carbocycles. The van der Waals surface area contributed by atoms with Crippen LogP contribution >= 0.6 is 0 Å². The molecule has 0 amide bonds. The highest BCUT2D eigenvalue weighted by Crippen LogP contribution is 2.35. The van der Waals surface area contributed by atoms with Crippen LogP contribution in [0.3, 0.4) is 0 Å². The van der Waals surface area contributed by atoms with E-state index in [0.717, 1.165) is 5.69 Å². The van der Waals surface area contributed by atoms with E-state index < -0.39 is 5.63 Å². The van der Waals surface area contributed by atoms with E-state index in [1.54, 1.807) is 19.1 Å². The second kappa shape index (κ2) is 6.50. The van der Waals surface area contributed by atoms with Gasteiger partial charge in [0.05, 0.1) is 5.39 Å². The Morgan fingerprint density at radius 1 is 1.00 bits per heavy atom. The van der Waals surface area contributed by atoms with Gasteiger partial charge in [-0.25, -0.2) is 9.18 Å². The molecule has 0 atom stereocenters. The average Bonchev–Trinajstić information content (AvgIpc) is 2.62. The molecular weight excluding hydrogens is 351 g/mol. The largest absolute Gasteiger partial charge is 0.508 e. The Bertz CT molecular complexity index is 1050. The zero-order valence-electron chi connectivity index (χ0n) is 14.8. The molecule has 140 valence electrons. The van der Waals surface area contributed by atoms with Crippen molar-refractivity contribution in [3.63, 3.8) is 0 Å². The van der Waals surface area contributed by atoms with Crippen LogP contribution < -0.4 is 15.4 Å². The number of benzene rings is 2. The molecule has 3 aromatic rings. The Morgan fingerprint density at radius 2 is 1.63 bits per heavy atom. The molecule has 0 aliphatic carbocycles. The number of phenolic OH excluding ortho intramolecular Hbond substituents is 2. The van der Waals surface area contributed by atoms with E-state index >= 15 is 0 Å². The molecule has 0 bridgehead atoms. The minimum atomic E-state index is -0.500. The van der Waals surface area contributed by atoms with Gasteiger partial charge in [-0.1, -0.05) is 0 Å². The van der Waals surface area contributed by atoms with Crippen LogP contribution in [0, 0.1) is 12.7 Å². The zero-order valence-corrected chi connectivity index (χ0v) is 14.8. The van der Waals surface area contributed by atoms with Gasteiger partial charge in [0.2, 0.25) is 0 Å². The summed E-state index contributed by atoms with van der Waals surface area (Å²) in [5.74, 6) is -0.562. The first kappa shape index (κ1) is 17.2. The van der Waals surface area contributed by atoms with E-state index in [-0.39, 0.29) is 22.9 Å². The summed E-state index contributed by atoms with van der Waals surface area (Å²) in [7, 11) is 0. The summed E-state index contributed by atoms with van der Waals surface area (Å²) in [4.78, 5) is 16.6. The standard InChI is InChI=1S/C20H19FN2O4/c1-12-18-16(25)10-15(24)11-17(18)27-20(26)19(12)23-8-6-22(7-9-23)14-4-2-13(21)3-5-14/h2-5,10-11,24-25H,6-9H2,1H3. The molecule has 6 nitrogen and oxygen atoms in total. The monoisotopic (exact) mass is 370 g/mol. The number of rotatable bonds is 2. The highest BCUT2D eigenvalue weighted by molar-refractivity contribution is 5.91. The number of aromatic hydroxyl groups is 2. The maximum atomic E-state index is 13.1. The molecule has 0 unspecified atom stereocenters. The summed E-state index contributed by atoms with van der Waals surface area (Å²) in [6.45, 7) is 4.28. The van der Waals surface area contributed by atoms with Gasteiger partial charge in [-0.15, -0.1) is 0 Å². The predicted octanol–water partition coefficient (Wildman–Crippen LogP) is 2.98. The maximum absolute atomic E-state index is 13.1. The predicted molar refractivity (Wildman–Crippen MR) is 101 cm³/mol. The zero-order chi connectivity index (χ0) is 19.1. The number of hydrogen-bond donors (Lipinski definition) is 2. The third-order valence-electron chi connectivity index (χ3n) is 4.98. The average molecular weight is 370 g/mol. The number of aryl methyl sites for hydroxylation is 1. The van der Waals surface area contributed by atoms with Gasteiger partial charge in [0.1, 0.15) is 28.6 Å². The van der Waals surface area contributed by atoms with Crippen molar-refractivity contribution in [3.05, 3.63) is 58.2 Å². The smallest absolute Gasteiger partial charge is 0.360 e. The van der Waals surface area contributed by atoms with E-state index in [1.807, 2.05) is 4.90 Å². The number of piperazine rings is 1. The first-order valence-corrected chi connectivity index (χ1v) is 8.69. The number of hydrogen-bond acceptors (Lipinski definition) is 6. The van der Waals surface area contributed by atoms with Crippen molar-refractivity contribution >= 4 is 22.3 Å². The van der Waals surface area contributed by atoms with Crippen LogP contribution in [-0.4, -0.2) is 36.4 Å². The number of fused-ring (bicyclic) bond motifs is 1. The van der Waals surface area contributed by atoms with Crippen LogP contribution in [-0.2, 0) is 0 Å². The fraction of sp³-hybridized carbons (Fsp3) is 0.250. The van der Waals surface area contributed by atoms with Crippen LogP contribution in [0.2, 0.25) is 0 Å². The Kier molecular flexibility index (Phi) is 4.14. The molecule has 1 fully saturated rings. The number of nitrogens with zero attached hydrogens (tertiary/aromatic N) is 2. The van der Waals surface area contributed by atoms with E-state index in [2.05, 4.69) is 4.90 Å². The molecule has 7 heteroatoms. The molecule has 2 heterocycles. The number of anilines is 2. The summed E-state index contributed by atoms with van der Waals surface area (Å²) in [6, 6.07) is 8.89. The lowest BCUT2D eigenvalue weighted by molar-refractivity contribution is 0.450. The van der Waals surface area contributed by atoms with Crippen molar-refractivity contribution in [2.75, 3.05) is 36.0 Å². The van der Waals surface area contributed by atoms with Crippen molar-refractivity contribution in [2.45, 2.75) is 6.92 Å². The Hall–Kier alpha value is -3.22. The molecule has 2 aromatic carbocycles. The topological polar surface area (TPSA) is 77.2 Å². The van der Waals surface area contributed by atoms with Crippen LogP contribution in [0.4, 0.5) is 15.8 Å². The lowest BCUT2D eigenvalue weighted by Crippen LogP contribution is -2.48. The Morgan fingerprint density at radius 3 is 2.30 bits per heavy atom. The molecular formula is C20H19FN2O4. The van der Waals surface area contributed by atoms with Crippen LogP contribution in [0.15, 0.2) is 45.6 Å². The molecule has 1 aliphatic heterocycles. The third-order valence-corrected chi connectivity index (χ3v) is 4.98. The van der Waals surface area contributed by atoms with E-state index in [9.17, 15) is 19.4 Å². The summed E-state index contributed by atoms with van der Waals surface area (Å²) in [5.41, 5.74) is 1.63. The number of halogens is 1. The minimum Gasteiger partial charge on any atom is -0.508 e. The van der Waals surface area contributed by atoms with Gasteiger partial charge in [-0.05, 0) is 36.8 Å². The first-order chi connectivity index (χ1) is 12.9. The summed E-state index contributed by atoms with van der Waals surface area (Å²) < 4.78 is 18.4. The van der Waals surface area contributed by atoms with Gasteiger partial charge in [0.15, 0.2) is 0 Å². The second-order valence-electron chi connectivity index (χ2n) is 6.65. The van der Waals surface area contributed by atoms with Crippen molar-refractivity contribution in [2.24, 2.45) is 0 Å². The normalized spacial score (nSPS) is 14.7. The van der Waals surface area contributed by atoms with E-state index in [0.29, 0.717) is 42.8 Å². The second-order valence-corrected chi connectivity index (χ2v) is 6.65. The van der Waals surface area contributed by atoms with Gasteiger partial charge in [-0.2, -0.15) is 0 Å². The minimum absolute atomic E-state index is 0.127. The molecule has 0 spiro atoms. The molecule has 1 saturated heterocycles. The van der Waals surface area contributed by atoms with Crippen LogP contribution in [0.1, 0.15) is 5.56 Å². The van der Waals surface area contributed by atoms with E-state index in [1.165, 1.54) is 24.3 Å². The van der Waals surface area contributed by atoms with Gasteiger partial charge in [0.25, 0.3) is 0 Å². The molecule has 1 aromatic heterocycles. The maximum Gasteiger partial charge on any atom is 0.360 e. The van der Waals surface area contributed by atoms with Gasteiger partial charge < -0.3 is 24.4 Å². The lowest BCUT2D eigenvalue weighted by Gasteiger charge is -2.37. The molecule has 1 aliphatic rings. The Balaban J connectivity index is 1.64. The summed E-state index contributed by atoms with van der Waals surface area (Å²) in [6.07, 6.45) is 0. The van der Waals surface area contributed by atoms with Crippen molar-refractivity contribution in [3.8, 4) is 11.5 Å². The van der Waals surface area contributed by atoms with Gasteiger partial charge >= 0.3 is 5.63 Å². The SMILES string of the molecule is Cc1c(N2CCN(c3ccc(F)cc3)CC2)c(=O)oc2cc(O)cc(O)c12. The summed E-state index contributed by atoms with van der Waals surface area (Å²) >= 11 is 0. The fourth-order valence-corrected chi connectivity index (χ4v) is 3.67. The first-order valence-electron chi connectivity index (χ1n) is 8.69. The van der Waals surface area contributed by atoms with Crippen molar-refractivity contribution < 1.29 is 19.0 Å². The Labute approximate surface area is 154 Å². The highest BCUT2D eigenvalue weighted by Gasteiger charge is 2.24. The van der Waals surface area contributed by atoms with Crippen molar-refractivity contribution in [1.82, 2.24) is 0 Å². The quantitative estimate of drug-likeness (QED) is 0.676. The summed E-state index contributed by atoms with van der Waals surface area (Å²) in [5, 5.41) is 20.2. The van der Waals surface area contributed by atoms with Gasteiger partial charge in [-0.3, -0.25) is 0 Å². The molecule has 0 radical (unpaired) electrons. The van der Waals surface area contributed by atoms with Gasteiger partial charge in [0, 0.05) is 44.0 Å². The fourth-order valence-electron chi connectivity index (χ4n) is 3.67. The van der Waals surface area contributed by atoms with E-state index in [4.69, 9.17) is 4.42 Å². The molecule has 27 heavy (non-hydrogen) atoms. The van der Waals surface area contributed by atoms with Crippen LogP contribution in [0.5, 0.6) is 11.5 Å². The molecule has 4 rings (SSSR count). The lowest BCUT2D eigenvalue weighted by atomic mass is 10.1. The van der Waals surface area contributed by atoms with Crippen molar-refractivity contribution in [1.29, 1.82) is 0 Å². The molecule has 2 N–H and O–H groups in total. The number of phenols is 2.